The Morgan fingerprint density at radius 3 is 2.12 bits per heavy atom. The van der Waals surface area contributed by atoms with E-state index in [4.69, 9.17) is 0 Å². The van der Waals surface area contributed by atoms with Crippen LogP contribution >= 0.6 is 0 Å². The summed E-state index contributed by atoms with van der Waals surface area (Å²) in [5.41, 5.74) is 2.33. The molecular weight excluding hydrogens is 319 g/mol. The average Bonchev–Trinajstić information content (AvgIpc) is 2.59. The summed E-state index contributed by atoms with van der Waals surface area (Å²) in [5.74, 6) is -0.421. The SMILES string of the molecule is CC(=O)NCc1ccc(C(=O)N[C@@H](c2ccc(F)cc2)C(C)C)cc1. The standard InChI is InChI=1S/C20H23FN2O2/c1-13(2)19(16-8-10-18(21)11-9-16)23-20(25)17-6-4-15(5-7-17)12-22-14(3)24/h4-11,13,19H,12H2,1-3H3,(H,22,24)(H,23,25)/t19-/m1/s1. The number of hydrogen-bond acceptors (Lipinski definition) is 2. The van der Waals surface area contributed by atoms with E-state index >= 15 is 0 Å². The molecule has 1 atom stereocenters. The Balaban J connectivity index is 2.07. The van der Waals surface area contributed by atoms with Gasteiger partial charge < -0.3 is 10.6 Å². The number of rotatable bonds is 6. The lowest BCUT2D eigenvalue weighted by atomic mass is 9.95. The number of halogens is 1. The molecule has 2 rings (SSSR count). The van der Waals surface area contributed by atoms with Crippen LogP contribution in [0, 0.1) is 11.7 Å². The second-order valence-electron chi connectivity index (χ2n) is 6.35. The van der Waals surface area contributed by atoms with Gasteiger partial charge >= 0.3 is 0 Å². The van der Waals surface area contributed by atoms with Crippen LogP contribution in [0.3, 0.4) is 0 Å². The minimum atomic E-state index is -0.299. The summed E-state index contributed by atoms with van der Waals surface area (Å²) in [5, 5.41) is 5.72. The number of carbonyl (C=O) groups is 2. The van der Waals surface area contributed by atoms with Crippen molar-refractivity contribution in [3.8, 4) is 0 Å². The van der Waals surface area contributed by atoms with Crippen LogP contribution in [-0.2, 0) is 11.3 Å². The summed E-state index contributed by atoms with van der Waals surface area (Å²) >= 11 is 0. The fourth-order valence-electron chi connectivity index (χ4n) is 2.53. The maximum Gasteiger partial charge on any atom is 0.251 e. The quantitative estimate of drug-likeness (QED) is 0.843. The zero-order chi connectivity index (χ0) is 18.4. The summed E-state index contributed by atoms with van der Waals surface area (Å²) in [7, 11) is 0. The van der Waals surface area contributed by atoms with E-state index in [1.54, 1.807) is 24.3 Å². The molecular formula is C20H23FN2O2. The van der Waals surface area contributed by atoms with Gasteiger partial charge in [-0.15, -0.1) is 0 Å². The van der Waals surface area contributed by atoms with Crippen molar-refractivity contribution in [2.24, 2.45) is 5.92 Å². The van der Waals surface area contributed by atoms with Crippen LogP contribution < -0.4 is 10.6 Å². The highest BCUT2D eigenvalue weighted by molar-refractivity contribution is 5.94. The summed E-state index contributed by atoms with van der Waals surface area (Å²) in [4.78, 5) is 23.5. The number of amides is 2. The van der Waals surface area contributed by atoms with Gasteiger partial charge in [0.15, 0.2) is 0 Å². The highest BCUT2D eigenvalue weighted by atomic mass is 19.1. The number of carbonyl (C=O) groups excluding carboxylic acids is 2. The van der Waals surface area contributed by atoms with Gasteiger partial charge in [-0.2, -0.15) is 0 Å². The molecule has 0 aromatic heterocycles. The van der Waals surface area contributed by atoms with E-state index in [-0.39, 0.29) is 29.6 Å². The minimum Gasteiger partial charge on any atom is -0.352 e. The molecule has 0 saturated heterocycles. The number of hydrogen-bond donors (Lipinski definition) is 2. The Hall–Kier alpha value is -2.69. The van der Waals surface area contributed by atoms with E-state index in [0.29, 0.717) is 12.1 Å². The van der Waals surface area contributed by atoms with Crippen molar-refractivity contribution in [2.45, 2.75) is 33.4 Å². The predicted molar refractivity (Wildman–Crippen MR) is 95.4 cm³/mol. The Bertz CT molecular complexity index is 724. The fraction of sp³-hybridized carbons (Fsp3) is 0.300. The smallest absolute Gasteiger partial charge is 0.251 e. The molecule has 2 N–H and O–H groups in total. The zero-order valence-electron chi connectivity index (χ0n) is 14.7. The normalized spacial score (nSPS) is 11.9. The van der Waals surface area contributed by atoms with Gasteiger partial charge in [0.1, 0.15) is 5.82 Å². The Labute approximate surface area is 147 Å². The van der Waals surface area contributed by atoms with Crippen LogP contribution in [0.15, 0.2) is 48.5 Å². The van der Waals surface area contributed by atoms with Crippen molar-refractivity contribution in [1.29, 1.82) is 0 Å². The first-order valence-electron chi connectivity index (χ1n) is 8.26. The van der Waals surface area contributed by atoms with Gasteiger partial charge in [0.2, 0.25) is 5.91 Å². The minimum absolute atomic E-state index is 0.0964. The van der Waals surface area contributed by atoms with Gasteiger partial charge in [-0.3, -0.25) is 9.59 Å². The monoisotopic (exact) mass is 342 g/mol. The van der Waals surface area contributed by atoms with Gasteiger partial charge in [0.25, 0.3) is 5.91 Å². The van der Waals surface area contributed by atoms with Crippen molar-refractivity contribution in [2.75, 3.05) is 0 Å². The molecule has 0 bridgehead atoms. The van der Waals surface area contributed by atoms with Crippen molar-refractivity contribution < 1.29 is 14.0 Å². The lowest BCUT2D eigenvalue weighted by molar-refractivity contribution is -0.119. The van der Waals surface area contributed by atoms with E-state index < -0.39 is 0 Å². The molecule has 0 heterocycles. The lowest BCUT2D eigenvalue weighted by Crippen LogP contribution is -2.31. The van der Waals surface area contributed by atoms with Crippen LogP contribution in [-0.4, -0.2) is 11.8 Å². The Morgan fingerprint density at radius 1 is 1.00 bits per heavy atom. The summed E-state index contributed by atoms with van der Waals surface area (Å²) in [6.45, 7) is 5.90. The van der Waals surface area contributed by atoms with Crippen LogP contribution in [0.1, 0.15) is 48.3 Å². The molecule has 2 aromatic rings. The van der Waals surface area contributed by atoms with Gasteiger partial charge in [-0.1, -0.05) is 38.1 Å². The van der Waals surface area contributed by atoms with E-state index in [9.17, 15) is 14.0 Å². The molecule has 5 heteroatoms. The third-order valence-corrected chi connectivity index (χ3v) is 3.94. The molecule has 2 aromatic carbocycles. The molecule has 2 amide bonds. The first-order chi connectivity index (χ1) is 11.9. The molecule has 0 spiro atoms. The first kappa shape index (κ1) is 18.6. The molecule has 0 saturated carbocycles. The van der Waals surface area contributed by atoms with Gasteiger partial charge in [-0.25, -0.2) is 4.39 Å². The molecule has 132 valence electrons. The second kappa shape index (κ2) is 8.42. The van der Waals surface area contributed by atoms with Crippen LogP contribution in [0.4, 0.5) is 4.39 Å². The first-order valence-corrected chi connectivity index (χ1v) is 8.26. The molecule has 0 aliphatic rings. The second-order valence-corrected chi connectivity index (χ2v) is 6.35. The van der Waals surface area contributed by atoms with Crippen LogP contribution in [0.5, 0.6) is 0 Å². The molecule has 0 unspecified atom stereocenters. The van der Waals surface area contributed by atoms with Crippen molar-refractivity contribution in [3.05, 3.63) is 71.0 Å². The lowest BCUT2D eigenvalue weighted by Gasteiger charge is -2.23. The van der Waals surface area contributed by atoms with Gasteiger partial charge in [0.05, 0.1) is 6.04 Å². The molecule has 0 fully saturated rings. The maximum atomic E-state index is 13.1. The van der Waals surface area contributed by atoms with E-state index in [2.05, 4.69) is 10.6 Å². The van der Waals surface area contributed by atoms with Crippen LogP contribution in [0.2, 0.25) is 0 Å². The summed E-state index contributed by atoms with van der Waals surface area (Å²) < 4.78 is 13.1. The molecule has 0 aliphatic heterocycles. The van der Waals surface area contributed by atoms with Crippen molar-refractivity contribution in [1.82, 2.24) is 10.6 Å². The zero-order valence-corrected chi connectivity index (χ0v) is 14.7. The highest BCUT2D eigenvalue weighted by Crippen LogP contribution is 2.22. The number of nitrogens with one attached hydrogen (secondary N) is 2. The highest BCUT2D eigenvalue weighted by Gasteiger charge is 2.19. The predicted octanol–water partition coefficient (Wildman–Crippen LogP) is 3.59. The largest absolute Gasteiger partial charge is 0.352 e. The van der Waals surface area contributed by atoms with Crippen LogP contribution in [0.25, 0.3) is 0 Å². The Kier molecular flexibility index (Phi) is 6.28. The number of benzene rings is 2. The average molecular weight is 342 g/mol. The maximum absolute atomic E-state index is 13.1. The summed E-state index contributed by atoms with van der Waals surface area (Å²) in [6.07, 6.45) is 0. The van der Waals surface area contributed by atoms with Crippen molar-refractivity contribution >= 4 is 11.8 Å². The van der Waals surface area contributed by atoms with Crippen molar-refractivity contribution in [3.63, 3.8) is 0 Å². The Morgan fingerprint density at radius 2 is 1.60 bits per heavy atom. The summed E-state index contributed by atoms with van der Waals surface area (Å²) in [6, 6.07) is 13.1. The topological polar surface area (TPSA) is 58.2 Å². The molecule has 4 nitrogen and oxygen atoms in total. The van der Waals surface area contributed by atoms with E-state index in [1.807, 2.05) is 26.0 Å². The molecule has 0 aliphatic carbocycles. The molecule has 0 radical (unpaired) electrons. The van der Waals surface area contributed by atoms with Gasteiger partial charge in [-0.05, 0) is 41.3 Å². The third-order valence-electron chi connectivity index (χ3n) is 3.94. The van der Waals surface area contributed by atoms with E-state index in [1.165, 1.54) is 19.1 Å². The fourth-order valence-corrected chi connectivity index (χ4v) is 2.53. The van der Waals surface area contributed by atoms with E-state index in [0.717, 1.165) is 11.1 Å². The molecule has 25 heavy (non-hydrogen) atoms. The van der Waals surface area contributed by atoms with Gasteiger partial charge in [0, 0.05) is 19.0 Å². The third kappa shape index (κ3) is 5.41.